The second-order valence-electron chi connectivity index (χ2n) is 18.9. The number of carbonyl (C=O) groups excluding carboxylic acids is 1. The normalized spacial score (nSPS) is 14.1. The molecule has 0 rings (SSSR count). The predicted octanol–water partition coefficient (Wildman–Crippen LogP) is 15.6. The molecule has 4 unspecified atom stereocenters. The Balaban J connectivity index is 3.64. The maximum atomic E-state index is 12.5. The molecule has 62 heavy (non-hydrogen) atoms. The molecule has 4 atom stereocenters. The summed E-state index contributed by atoms with van der Waals surface area (Å²) in [5.74, 6) is -0.602. The summed E-state index contributed by atoms with van der Waals surface area (Å²) in [7, 11) is 0. The molecule has 1 amide bonds. The number of unbranched alkanes of at least 4 members (excludes halogenated alkanes) is 35. The largest absolute Gasteiger partial charge is 0.394 e. The van der Waals surface area contributed by atoms with E-state index in [1.54, 1.807) is 0 Å². The van der Waals surface area contributed by atoms with Crippen LogP contribution in [0.25, 0.3) is 0 Å². The summed E-state index contributed by atoms with van der Waals surface area (Å²) in [6, 6.07) is -1.01. The maximum Gasteiger partial charge on any atom is 0.249 e. The highest BCUT2D eigenvalue weighted by Crippen LogP contribution is 2.17. The topological polar surface area (TPSA) is 110 Å². The van der Waals surface area contributed by atoms with Crippen LogP contribution in [-0.4, -0.2) is 57.3 Å². The molecule has 6 heteroatoms. The molecule has 0 aromatic rings. The number of hydrogen-bond donors (Lipinski definition) is 5. The van der Waals surface area contributed by atoms with Crippen LogP contribution in [0.1, 0.15) is 284 Å². The van der Waals surface area contributed by atoms with Gasteiger partial charge in [0.1, 0.15) is 12.2 Å². The molecule has 0 spiro atoms. The third-order valence-electron chi connectivity index (χ3n) is 12.8. The number of amides is 1. The first kappa shape index (κ1) is 60.5. The number of hydrogen-bond acceptors (Lipinski definition) is 5. The summed E-state index contributed by atoms with van der Waals surface area (Å²) < 4.78 is 0. The van der Waals surface area contributed by atoms with Crippen molar-refractivity contribution < 1.29 is 25.2 Å². The Labute approximate surface area is 386 Å². The van der Waals surface area contributed by atoms with Gasteiger partial charge in [0.15, 0.2) is 0 Å². The van der Waals surface area contributed by atoms with Crippen molar-refractivity contribution >= 4 is 5.91 Å². The van der Waals surface area contributed by atoms with Gasteiger partial charge >= 0.3 is 0 Å². The highest BCUT2D eigenvalue weighted by Gasteiger charge is 2.28. The standard InChI is InChI=1S/C56H107NO5/c1-3-5-7-9-11-13-15-17-19-20-21-22-23-24-25-26-27-28-29-30-31-32-33-34-35-36-38-39-41-43-45-47-49-53(59)55(61)52(51-58)57-56(62)54(60)50-48-46-44-42-40-37-18-16-14-12-10-8-6-4-2/h14,16,35-36,41,43,52-55,58-61H,3-13,15,17-34,37-40,42,44-51H2,1-2H3,(H,57,62)/b16-14-,36-35+,43-41+. The number of nitrogens with one attached hydrogen (secondary N) is 1. The molecule has 6 nitrogen and oxygen atoms in total. The Morgan fingerprint density at radius 3 is 1.03 bits per heavy atom. The van der Waals surface area contributed by atoms with Crippen LogP contribution in [0.2, 0.25) is 0 Å². The first-order valence-corrected chi connectivity index (χ1v) is 27.4. The molecular weight excluding hydrogens is 767 g/mol. The lowest BCUT2D eigenvalue weighted by molar-refractivity contribution is -0.132. The third-order valence-corrected chi connectivity index (χ3v) is 12.8. The van der Waals surface area contributed by atoms with E-state index in [2.05, 4.69) is 55.6 Å². The maximum absolute atomic E-state index is 12.5. The SMILES string of the molecule is CCCCCC/C=C\CCCCCCCCC(O)C(=O)NC(CO)C(O)C(O)CCC/C=C/CC/C=C/CCCCCCCCCCCCCCCCCCCCCCCCC. The lowest BCUT2D eigenvalue weighted by Crippen LogP contribution is -2.53. The summed E-state index contributed by atoms with van der Waals surface area (Å²) >= 11 is 0. The van der Waals surface area contributed by atoms with Crippen molar-refractivity contribution in [1.29, 1.82) is 0 Å². The Morgan fingerprint density at radius 1 is 0.387 bits per heavy atom. The molecule has 0 aromatic heterocycles. The molecule has 366 valence electrons. The average Bonchev–Trinajstić information content (AvgIpc) is 3.28. The molecule has 0 saturated carbocycles. The van der Waals surface area contributed by atoms with Crippen LogP contribution in [0, 0.1) is 0 Å². The van der Waals surface area contributed by atoms with E-state index in [9.17, 15) is 25.2 Å². The van der Waals surface area contributed by atoms with Crippen molar-refractivity contribution in [2.75, 3.05) is 6.61 Å². The molecule has 5 N–H and O–H groups in total. The van der Waals surface area contributed by atoms with Crippen LogP contribution >= 0.6 is 0 Å². The van der Waals surface area contributed by atoms with Crippen molar-refractivity contribution in [2.24, 2.45) is 0 Å². The Bertz CT molecular complexity index is 981. The molecule has 0 heterocycles. The minimum Gasteiger partial charge on any atom is -0.394 e. The van der Waals surface area contributed by atoms with E-state index in [0.717, 1.165) is 51.4 Å². The lowest BCUT2D eigenvalue weighted by atomic mass is 10.00. The lowest BCUT2D eigenvalue weighted by Gasteiger charge is -2.27. The number of aliphatic hydroxyl groups excluding tert-OH is 4. The summed E-state index contributed by atoms with van der Waals surface area (Å²) in [6.45, 7) is 4.04. The van der Waals surface area contributed by atoms with Crippen LogP contribution in [0.15, 0.2) is 36.5 Å². The highest BCUT2D eigenvalue weighted by molar-refractivity contribution is 5.80. The number of rotatable bonds is 50. The molecule has 0 radical (unpaired) electrons. The van der Waals surface area contributed by atoms with Crippen molar-refractivity contribution in [1.82, 2.24) is 5.32 Å². The van der Waals surface area contributed by atoms with E-state index < -0.39 is 36.9 Å². The fraction of sp³-hybridized carbons (Fsp3) is 0.875. The fourth-order valence-corrected chi connectivity index (χ4v) is 8.48. The predicted molar refractivity (Wildman–Crippen MR) is 270 cm³/mol. The van der Waals surface area contributed by atoms with E-state index in [1.165, 1.54) is 199 Å². The van der Waals surface area contributed by atoms with E-state index in [0.29, 0.717) is 19.3 Å². The zero-order valence-electron chi connectivity index (χ0n) is 41.4. The first-order valence-electron chi connectivity index (χ1n) is 27.4. The molecule has 0 fully saturated rings. The molecule has 0 bridgehead atoms. The average molecular weight is 874 g/mol. The fourth-order valence-electron chi connectivity index (χ4n) is 8.48. The van der Waals surface area contributed by atoms with Gasteiger partial charge in [-0.3, -0.25) is 4.79 Å². The Morgan fingerprint density at radius 2 is 0.677 bits per heavy atom. The van der Waals surface area contributed by atoms with Gasteiger partial charge in [0, 0.05) is 0 Å². The van der Waals surface area contributed by atoms with Gasteiger partial charge in [0.25, 0.3) is 0 Å². The van der Waals surface area contributed by atoms with Gasteiger partial charge in [-0.15, -0.1) is 0 Å². The van der Waals surface area contributed by atoms with Gasteiger partial charge in [-0.2, -0.15) is 0 Å². The van der Waals surface area contributed by atoms with Crippen molar-refractivity contribution in [2.45, 2.75) is 308 Å². The van der Waals surface area contributed by atoms with Crippen molar-refractivity contribution in [3.05, 3.63) is 36.5 Å². The number of carbonyl (C=O) groups is 1. The molecule has 0 aliphatic rings. The van der Waals surface area contributed by atoms with E-state index in [1.807, 2.05) is 0 Å². The third kappa shape index (κ3) is 43.8. The van der Waals surface area contributed by atoms with Gasteiger partial charge in [0.2, 0.25) is 5.91 Å². The summed E-state index contributed by atoms with van der Waals surface area (Å²) in [6.07, 6.45) is 62.3. The van der Waals surface area contributed by atoms with Gasteiger partial charge in [-0.05, 0) is 77.0 Å². The Kier molecular flexibility index (Phi) is 49.3. The van der Waals surface area contributed by atoms with Crippen LogP contribution in [-0.2, 0) is 4.79 Å². The second kappa shape index (κ2) is 50.5. The van der Waals surface area contributed by atoms with Crippen molar-refractivity contribution in [3.8, 4) is 0 Å². The summed E-state index contributed by atoms with van der Waals surface area (Å²) in [4.78, 5) is 12.5. The zero-order chi connectivity index (χ0) is 45.2. The molecular formula is C56H107NO5. The van der Waals surface area contributed by atoms with Gasteiger partial charge in [-0.1, -0.05) is 243 Å². The second-order valence-corrected chi connectivity index (χ2v) is 18.9. The molecule has 0 aromatic carbocycles. The van der Waals surface area contributed by atoms with Gasteiger partial charge in [0.05, 0.1) is 18.8 Å². The van der Waals surface area contributed by atoms with Gasteiger partial charge in [-0.25, -0.2) is 0 Å². The van der Waals surface area contributed by atoms with E-state index in [-0.39, 0.29) is 0 Å². The molecule has 0 aliphatic heterocycles. The highest BCUT2D eigenvalue weighted by atomic mass is 16.3. The quantitative estimate of drug-likeness (QED) is 0.0309. The molecule has 0 saturated heterocycles. The van der Waals surface area contributed by atoms with Crippen LogP contribution in [0.3, 0.4) is 0 Å². The smallest absolute Gasteiger partial charge is 0.249 e. The Hall–Kier alpha value is -1.47. The summed E-state index contributed by atoms with van der Waals surface area (Å²) in [5.41, 5.74) is 0. The first-order chi connectivity index (χ1) is 30.5. The number of allylic oxidation sites excluding steroid dienone is 6. The van der Waals surface area contributed by atoms with E-state index >= 15 is 0 Å². The van der Waals surface area contributed by atoms with Gasteiger partial charge < -0.3 is 25.7 Å². The minimum atomic E-state index is -1.29. The van der Waals surface area contributed by atoms with E-state index in [4.69, 9.17) is 0 Å². The van der Waals surface area contributed by atoms with Crippen LogP contribution in [0.4, 0.5) is 0 Å². The monoisotopic (exact) mass is 874 g/mol. The van der Waals surface area contributed by atoms with Crippen LogP contribution < -0.4 is 5.32 Å². The minimum absolute atomic E-state index is 0.352. The molecule has 0 aliphatic carbocycles. The zero-order valence-corrected chi connectivity index (χ0v) is 41.4. The van der Waals surface area contributed by atoms with Crippen molar-refractivity contribution in [3.63, 3.8) is 0 Å². The summed E-state index contributed by atoms with van der Waals surface area (Å²) in [5, 5.41) is 43.8. The van der Waals surface area contributed by atoms with Crippen LogP contribution in [0.5, 0.6) is 0 Å². The number of aliphatic hydroxyl groups is 4.